The lowest BCUT2D eigenvalue weighted by molar-refractivity contribution is 0.304. The van der Waals surface area contributed by atoms with Crippen molar-refractivity contribution in [3.05, 3.63) is 63.6 Å². The van der Waals surface area contributed by atoms with E-state index in [4.69, 9.17) is 22.7 Å². The maximum atomic E-state index is 13.4. The number of thiocarbonyl (C=S) groups is 1. The highest BCUT2D eigenvalue weighted by Gasteiger charge is 2.05. The average molecular weight is 358 g/mol. The normalized spacial score (nSPS) is 10.3. The Morgan fingerprint density at radius 1 is 1.20 bits per heavy atom. The van der Waals surface area contributed by atoms with Crippen LogP contribution in [0.2, 0.25) is 0 Å². The number of rotatable bonds is 4. The summed E-state index contributed by atoms with van der Waals surface area (Å²) in [6, 6.07) is 8.61. The molecular weight excluding hydrogens is 348 g/mol. The van der Waals surface area contributed by atoms with Crippen molar-refractivity contribution >= 4 is 33.1 Å². The van der Waals surface area contributed by atoms with Crippen molar-refractivity contribution in [2.75, 3.05) is 0 Å². The van der Waals surface area contributed by atoms with Gasteiger partial charge in [-0.25, -0.2) is 8.78 Å². The minimum Gasteiger partial charge on any atom is -0.489 e. The predicted octanol–water partition coefficient (Wildman–Crippen LogP) is 3.94. The monoisotopic (exact) mass is 357 g/mol. The van der Waals surface area contributed by atoms with E-state index >= 15 is 0 Å². The highest BCUT2D eigenvalue weighted by molar-refractivity contribution is 9.10. The van der Waals surface area contributed by atoms with E-state index in [-0.39, 0.29) is 11.6 Å². The Labute approximate surface area is 128 Å². The predicted molar refractivity (Wildman–Crippen MR) is 80.7 cm³/mol. The summed E-state index contributed by atoms with van der Waals surface area (Å²) in [5.74, 6) is -0.520. The Morgan fingerprint density at radius 2 is 1.95 bits per heavy atom. The van der Waals surface area contributed by atoms with Gasteiger partial charge in [0.25, 0.3) is 0 Å². The summed E-state index contributed by atoms with van der Waals surface area (Å²) in [7, 11) is 0. The Bertz CT molecular complexity index is 664. The van der Waals surface area contributed by atoms with E-state index in [2.05, 4.69) is 15.9 Å². The first-order chi connectivity index (χ1) is 9.45. The third kappa shape index (κ3) is 3.74. The summed E-state index contributed by atoms with van der Waals surface area (Å²) < 4.78 is 32.5. The molecule has 0 atom stereocenters. The number of hydrogen-bond donors (Lipinski definition) is 1. The maximum absolute atomic E-state index is 13.4. The molecule has 104 valence electrons. The number of nitrogens with two attached hydrogens (primary N) is 1. The van der Waals surface area contributed by atoms with Crippen LogP contribution in [-0.2, 0) is 6.61 Å². The van der Waals surface area contributed by atoms with Crippen LogP contribution in [0, 0.1) is 11.6 Å². The fourth-order valence-electron chi connectivity index (χ4n) is 1.61. The second-order valence-corrected chi connectivity index (χ2v) is 5.37. The molecule has 0 fully saturated rings. The molecule has 0 radical (unpaired) electrons. The van der Waals surface area contributed by atoms with Crippen LogP contribution in [0.5, 0.6) is 5.75 Å². The van der Waals surface area contributed by atoms with Crippen LogP contribution >= 0.6 is 28.1 Å². The van der Waals surface area contributed by atoms with Gasteiger partial charge in [0, 0.05) is 11.6 Å². The third-order valence-corrected chi connectivity index (χ3v) is 3.42. The first-order valence-electron chi connectivity index (χ1n) is 5.63. The van der Waals surface area contributed by atoms with Crippen LogP contribution in [0.3, 0.4) is 0 Å². The number of hydrogen-bond acceptors (Lipinski definition) is 2. The summed E-state index contributed by atoms with van der Waals surface area (Å²) in [4.78, 5) is 0.112. The Hall–Kier alpha value is -1.53. The van der Waals surface area contributed by atoms with Crippen LogP contribution in [0.1, 0.15) is 11.1 Å². The summed E-state index contributed by atoms with van der Waals surface area (Å²) in [5.41, 5.74) is 6.46. The number of benzene rings is 2. The Balaban J connectivity index is 2.14. The van der Waals surface area contributed by atoms with Gasteiger partial charge in [0.15, 0.2) is 0 Å². The molecule has 0 bridgehead atoms. The van der Waals surface area contributed by atoms with E-state index in [1.165, 1.54) is 24.3 Å². The second kappa shape index (κ2) is 6.28. The summed E-state index contributed by atoms with van der Waals surface area (Å²) >= 11 is 7.86. The fourth-order valence-corrected chi connectivity index (χ4v) is 1.97. The molecule has 0 heterocycles. The zero-order valence-electron chi connectivity index (χ0n) is 10.2. The first kappa shape index (κ1) is 14.9. The quantitative estimate of drug-likeness (QED) is 0.841. The topological polar surface area (TPSA) is 35.2 Å². The largest absolute Gasteiger partial charge is 0.489 e. The zero-order valence-corrected chi connectivity index (χ0v) is 12.6. The molecule has 2 N–H and O–H groups in total. The van der Waals surface area contributed by atoms with E-state index in [0.29, 0.717) is 21.3 Å². The van der Waals surface area contributed by atoms with E-state index < -0.39 is 11.6 Å². The van der Waals surface area contributed by atoms with Crippen LogP contribution in [0.25, 0.3) is 0 Å². The van der Waals surface area contributed by atoms with Gasteiger partial charge in [0.2, 0.25) is 0 Å². The average Bonchev–Trinajstić information content (AvgIpc) is 2.39. The van der Waals surface area contributed by atoms with Crippen molar-refractivity contribution < 1.29 is 13.5 Å². The lowest BCUT2D eigenvalue weighted by Crippen LogP contribution is -2.10. The van der Waals surface area contributed by atoms with Crippen LogP contribution in [0.4, 0.5) is 8.78 Å². The SMILES string of the molecule is NC(=S)c1cc(F)cc(COc2ccc(Br)c(F)c2)c1. The van der Waals surface area contributed by atoms with Crippen molar-refractivity contribution in [1.82, 2.24) is 0 Å². The van der Waals surface area contributed by atoms with Gasteiger partial charge in [-0.1, -0.05) is 12.2 Å². The molecule has 0 saturated heterocycles. The smallest absolute Gasteiger partial charge is 0.141 e. The van der Waals surface area contributed by atoms with Crippen molar-refractivity contribution in [3.8, 4) is 5.75 Å². The van der Waals surface area contributed by atoms with Gasteiger partial charge in [-0.05, 0) is 51.8 Å². The maximum Gasteiger partial charge on any atom is 0.141 e. The highest BCUT2D eigenvalue weighted by atomic mass is 79.9. The standard InChI is InChI=1S/C14H10BrF2NOS/c15-12-2-1-11(6-13(12)17)19-7-8-3-9(14(18)20)5-10(16)4-8/h1-6H,7H2,(H2,18,20). The molecule has 0 aromatic heterocycles. The molecule has 0 spiro atoms. The van der Waals surface area contributed by atoms with Crippen molar-refractivity contribution in [2.45, 2.75) is 6.61 Å². The van der Waals surface area contributed by atoms with Gasteiger partial charge >= 0.3 is 0 Å². The van der Waals surface area contributed by atoms with E-state index in [0.717, 1.165) is 0 Å². The molecule has 2 aromatic carbocycles. The molecule has 0 aliphatic heterocycles. The zero-order chi connectivity index (χ0) is 14.7. The van der Waals surface area contributed by atoms with Gasteiger partial charge < -0.3 is 10.5 Å². The number of ether oxygens (including phenoxy) is 1. The molecule has 0 amide bonds. The molecular formula is C14H10BrF2NOS. The van der Waals surface area contributed by atoms with Crippen molar-refractivity contribution in [3.63, 3.8) is 0 Å². The molecule has 2 nitrogen and oxygen atoms in total. The van der Waals surface area contributed by atoms with E-state index in [9.17, 15) is 8.78 Å². The van der Waals surface area contributed by atoms with Gasteiger partial charge in [-0.3, -0.25) is 0 Å². The minimum absolute atomic E-state index is 0.0917. The Morgan fingerprint density at radius 3 is 2.60 bits per heavy atom. The third-order valence-electron chi connectivity index (χ3n) is 2.54. The second-order valence-electron chi connectivity index (χ2n) is 4.08. The van der Waals surface area contributed by atoms with Crippen molar-refractivity contribution in [2.24, 2.45) is 5.73 Å². The van der Waals surface area contributed by atoms with Gasteiger partial charge in [0.05, 0.1) is 4.47 Å². The van der Waals surface area contributed by atoms with Crippen molar-refractivity contribution in [1.29, 1.82) is 0 Å². The fraction of sp³-hybridized carbons (Fsp3) is 0.0714. The molecule has 20 heavy (non-hydrogen) atoms. The van der Waals surface area contributed by atoms with Gasteiger partial charge in [-0.2, -0.15) is 0 Å². The molecule has 6 heteroatoms. The summed E-state index contributed by atoms with van der Waals surface area (Å²) in [5, 5.41) is 0. The highest BCUT2D eigenvalue weighted by Crippen LogP contribution is 2.22. The van der Waals surface area contributed by atoms with Gasteiger partial charge in [0.1, 0.15) is 29.0 Å². The molecule has 2 aromatic rings. The van der Waals surface area contributed by atoms with E-state index in [1.807, 2.05) is 0 Å². The summed E-state index contributed by atoms with van der Waals surface area (Å²) in [6.07, 6.45) is 0. The minimum atomic E-state index is -0.448. The Kier molecular flexibility index (Phi) is 4.67. The van der Waals surface area contributed by atoms with Crippen LogP contribution in [0.15, 0.2) is 40.9 Å². The summed E-state index contributed by atoms with van der Waals surface area (Å²) in [6.45, 7) is 0.0917. The lowest BCUT2D eigenvalue weighted by Gasteiger charge is -2.08. The molecule has 0 saturated carbocycles. The molecule has 0 aliphatic rings. The molecule has 2 rings (SSSR count). The lowest BCUT2D eigenvalue weighted by atomic mass is 10.1. The van der Waals surface area contributed by atoms with Gasteiger partial charge in [-0.15, -0.1) is 0 Å². The van der Waals surface area contributed by atoms with Crippen LogP contribution in [-0.4, -0.2) is 4.99 Å². The molecule has 0 unspecified atom stereocenters. The van der Waals surface area contributed by atoms with E-state index in [1.54, 1.807) is 12.1 Å². The van der Waals surface area contributed by atoms with Crippen LogP contribution < -0.4 is 10.5 Å². The first-order valence-corrected chi connectivity index (χ1v) is 6.83. The number of halogens is 3. The molecule has 0 aliphatic carbocycles.